The molecule has 0 bridgehead atoms. The van der Waals surface area contributed by atoms with Crippen molar-refractivity contribution in [2.45, 2.75) is 12.6 Å². The number of aromatic nitrogens is 1. The molecule has 0 spiro atoms. The first-order valence-corrected chi connectivity index (χ1v) is 9.15. The molecule has 0 aliphatic carbocycles. The van der Waals surface area contributed by atoms with E-state index in [0.29, 0.717) is 23.4 Å². The van der Waals surface area contributed by atoms with Gasteiger partial charge in [0.25, 0.3) is 11.8 Å². The van der Waals surface area contributed by atoms with E-state index in [1.54, 1.807) is 23.1 Å². The molecule has 10 heteroatoms. The number of hydrogen-bond acceptors (Lipinski definition) is 6. The van der Waals surface area contributed by atoms with Gasteiger partial charge in [-0.1, -0.05) is 17.9 Å². The van der Waals surface area contributed by atoms with Crippen LogP contribution in [0, 0.1) is 11.8 Å². The first kappa shape index (κ1) is 21.3. The molecule has 1 atom stereocenters. The minimum atomic E-state index is -0.782. The summed E-state index contributed by atoms with van der Waals surface area (Å²) in [5.74, 6) is 5.39. The molecule has 0 saturated carbocycles. The van der Waals surface area contributed by atoms with Crippen LogP contribution in [0.15, 0.2) is 36.5 Å². The Labute approximate surface area is 177 Å². The molecule has 158 valence electrons. The first-order chi connectivity index (χ1) is 14.9. The number of rotatable bonds is 6. The number of ether oxygens (including phenoxy) is 1. The average Bonchev–Trinajstić information content (AvgIpc) is 3.07. The van der Waals surface area contributed by atoms with Crippen molar-refractivity contribution in [3.05, 3.63) is 58.9 Å². The number of amides is 5. The minimum absolute atomic E-state index is 0.0852. The maximum atomic E-state index is 12.8. The van der Waals surface area contributed by atoms with Gasteiger partial charge in [0.05, 0.1) is 13.7 Å². The molecule has 1 aromatic carbocycles. The van der Waals surface area contributed by atoms with Crippen LogP contribution in [0.2, 0.25) is 0 Å². The third kappa shape index (κ3) is 5.16. The zero-order chi connectivity index (χ0) is 22.4. The second-order valence-electron chi connectivity index (χ2n) is 6.56. The van der Waals surface area contributed by atoms with Crippen molar-refractivity contribution in [1.82, 2.24) is 20.5 Å². The Kier molecular flexibility index (Phi) is 6.47. The number of fused-ring (bicyclic) bond motifs is 1. The van der Waals surface area contributed by atoms with Crippen molar-refractivity contribution in [2.75, 3.05) is 13.7 Å². The third-order valence-electron chi connectivity index (χ3n) is 4.50. The Morgan fingerprint density at radius 2 is 2.16 bits per heavy atom. The van der Waals surface area contributed by atoms with Crippen LogP contribution in [0.25, 0.3) is 0 Å². The van der Waals surface area contributed by atoms with Gasteiger partial charge in [0.15, 0.2) is 0 Å². The zero-order valence-electron chi connectivity index (χ0n) is 16.5. The Bertz CT molecular complexity index is 1090. The molecule has 4 N–H and O–H groups in total. The van der Waals surface area contributed by atoms with E-state index >= 15 is 0 Å². The molecule has 1 aliphatic rings. The number of imide groups is 1. The fourth-order valence-corrected chi connectivity index (χ4v) is 3.00. The number of benzene rings is 1. The number of nitrogens with zero attached hydrogens (tertiary/aromatic N) is 2. The molecule has 2 aromatic rings. The van der Waals surface area contributed by atoms with Crippen molar-refractivity contribution >= 4 is 24.3 Å². The van der Waals surface area contributed by atoms with Crippen molar-refractivity contribution in [3.63, 3.8) is 0 Å². The van der Waals surface area contributed by atoms with Gasteiger partial charge in [-0.15, -0.1) is 0 Å². The van der Waals surface area contributed by atoms with Crippen LogP contribution in [0.1, 0.15) is 32.0 Å². The molecule has 0 unspecified atom stereocenters. The molecule has 5 amide bonds. The highest BCUT2D eigenvalue weighted by Crippen LogP contribution is 2.26. The largest absolute Gasteiger partial charge is 0.497 e. The summed E-state index contributed by atoms with van der Waals surface area (Å²) in [7, 11) is 1.52. The van der Waals surface area contributed by atoms with Crippen LogP contribution in [0.5, 0.6) is 5.75 Å². The normalized spacial score (nSPS) is 12.8. The average molecular weight is 421 g/mol. The van der Waals surface area contributed by atoms with Gasteiger partial charge < -0.3 is 20.7 Å². The second kappa shape index (κ2) is 9.41. The summed E-state index contributed by atoms with van der Waals surface area (Å²) in [5.41, 5.74) is 7.10. The van der Waals surface area contributed by atoms with Crippen LogP contribution in [-0.2, 0) is 11.3 Å². The first-order valence-electron chi connectivity index (χ1n) is 9.15. The summed E-state index contributed by atoms with van der Waals surface area (Å²) in [6, 6.07) is 6.71. The number of carbonyl (C=O) groups excluding carboxylic acids is 4. The second-order valence-corrected chi connectivity index (χ2v) is 6.56. The molecule has 1 aromatic heterocycles. The van der Waals surface area contributed by atoms with Gasteiger partial charge >= 0.3 is 6.03 Å². The van der Waals surface area contributed by atoms with E-state index in [1.807, 2.05) is 11.4 Å². The minimum Gasteiger partial charge on any atom is -0.497 e. The van der Waals surface area contributed by atoms with Crippen molar-refractivity contribution in [1.29, 1.82) is 0 Å². The molecular formula is C21H19N5O5. The third-order valence-corrected chi connectivity index (χ3v) is 4.50. The Morgan fingerprint density at radius 3 is 2.81 bits per heavy atom. The maximum absolute atomic E-state index is 12.8. The number of primary amides is 1. The molecule has 10 nitrogen and oxygen atoms in total. The standard InChI is InChI=1S/C21H19N5O5/c1-31-16-6-4-14-10-26(20(29)17(14)8-16)11-15(25-21(30)24-12-27)5-2-13-3-7-18(19(22)28)23-9-13/h3-4,6-9,12,15H,10-11H2,1H3,(H2,22,28)(H2,24,25,27,30)/t15-/m1/s1. The molecule has 1 aliphatic heterocycles. The highest BCUT2D eigenvalue weighted by atomic mass is 16.5. The molecule has 3 rings (SSSR count). The number of methoxy groups -OCH3 is 1. The fourth-order valence-electron chi connectivity index (χ4n) is 3.00. The number of pyridine rings is 1. The van der Waals surface area contributed by atoms with Crippen molar-refractivity contribution in [2.24, 2.45) is 5.73 Å². The lowest BCUT2D eigenvalue weighted by atomic mass is 10.1. The van der Waals surface area contributed by atoms with Gasteiger partial charge in [0, 0.05) is 23.9 Å². The molecule has 0 fully saturated rings. The number of hydrogen-bond donors (Lipinski definition) is 3. The highest BCUT2D eigenvalue weighted by molar-refractivity contribution is 5.98. The Hall–Kier alpha value is -4.39. The SMILES string of the molecule is COc1ccc2c(c1)C(=O)N(C[C@@H](C#Cc1ccc(C(N)=O)nc1)NC(=O)NC=O)C2. The quantitative estimate of drug-likeness (QED) is 0.443. The lowest BCUT2D eigenvalue weighted by molar-refractivity contribution is -0.108. The summed E-state index contributed by atoms with van der Waals surface area (Å²) in [6.45, 7) is 0.435. The van der Waals surface area contributed by atoms with Gasteiger partial charge in [-0.25, -0.2) is 9.78 Å². The van der Waals surface area contributed by atoms with Crippen molar-refractivity contribution < 1.29 is 23.9 Å². The van der Waals surface area contributed by atoms with Gasteiger partial charge in [0.1, 0.15) is 17.5 Å². The van der Waals surface area contributed by atoms with Crippen LogP contribution >= 0.6 is 0 Å². The fraction of sp³-hybridized carbons (Fsp3) is 0.190. The van der Waals surface area contributed by atoms with Gasteiger partial charge in [-0.2, -0.15) is 0 Å². The smallest absolute Gasteiger partial charge is 0.322 e. The predicted octanol–water partition coefficient (Wildman–Crippen LogP) is 0.0208. The van der Waals surface area contributed by atoms with E-state index < -0.39 is 18.0 Å². The van der Waals surface area contributed by atoms with Crippen LogP contribution in [0.4, 0.5) is 4.79 Å². The van der Waals surface area contributed by atoms with E-state index in [4.69, 9.17) is 10.5 Å². The van der Waals surface area contributed by atoms with E-state index in [-0.39, 0.29) is 24.6 Å². The molecular weight excluding hydrogens is 402 g/mol. The van der Waals surface area contributed by atoms with Gasteiger partial charge in [-0.3, -0.25) is 19.7 Å². The molecule has 31 heavy (non-hydrogen) atoms. The van der Waals surface area contributed by atoms with Crippen LogP contribution in [-0.4, -0.2) is 53.8 Å². The number of nitrogens with two attached hydrogens (primary N) is 1. The molecule has 0 saturated heterocycles. The molecule has 2 heterocycles. The number of urea groups is 1. The summed E-state index contributed by atoms with van der Waals surface area (Å²) in [4.78, 5) is 51.7. The van der Waals surface area contributed by atoms with Gasteiger partial charge in [0.2, 0.25) is 6.41 Å². The summed E-state index contributed by atoms with van der Waals surface area (Å²) < 4.78 is 5.17. The topological polar surface area (TPSA) is 144 Å². The van der Waals surface area contributed by atoms with Crippen LogP contribution in [0.3, 0.4) is 0 Å². The van der Waals surface area contributed by atoms with E-state index in [1.165, 1.54) is 19.4 Å². The lowest BCUT2D eigenvalue weighted by Crippen LogP contribution is -2.46. The summed E-state index contributed by atoms with van der Waals surface area (Å²) >= 11 is 0. The summed E-state index contributed by atoms with van der Waals surface area (Å²) in [5, 5.41) is 4.53. The van der Waals surface area contributed by atoms with Crippen LogP contribution < -0.4 is 21.1 Å². The van der Waals surface area contributed by atoms with Gasteiger partial charge in [-0.05, 0) is 29.8 Å². The predicted molar refractivity (Wildman–Crippen MR) is 109 cm³/mol. The van der Waals surface area contributed by atoms with E-state index in [0.717, 1.165) is 5.56 Å². The Morgan fingerprint density at radius 1 is 1.35 bits per heavy atom. The Balaban J connectivity index is 1.78. The monoisotopic (exact) mass is 421 g/mol. The van der Waals surface area contributed by atoms with E-state index in [2.05, 4.69) is 22.1 Å². The lowest BCUT2D eigenvalue weighted by Gasteiger charge is -2.21. The maximum Gasteiger partial charge on any atom is 0.322 e. The number of carbonyl (C=O) groups is 4. The summed E-state index contributed by atoms with van der Waals surface area (Å²) in [6.07, 6.45) is 1.62. The molecule has 0 radical (unpaired) electrons. The number of nitrogens with one attached hydrogen (secondary N) is 2. The highest BCUT2D eigenvalue weighted by Gasteiger charge is 2.29. The zero-order valence-corrected chi connectivity index (χ0v) is 16.5. The van der Waals surface area contributed by atoms with Crippen molar-refractivity contribution in [3.8, 4) is 17.6 Å². The van der Waals surface area contributed by atoms with E-state index in [9.17, 15) is 19.2 Å².